The van der Waals surface area contributed by atoms with Crippen molar-refractivity contribution < 1.29 is 14.7 Å². The van der Waals surface area contributed by atoms with Gasteiger partial charge in [-0.25, -0.2) is 0 Å². The monoisotopic (exact) mass is 332 g/mol. The van der Waals surface area contributed by atoms with E-state index in [0.717, 1.165) is 5.56 Å². The molecule has 0 bridgehead atoms. The third-order valence-electron chi connectivity index (χ3n) is 3.21. The summed E-state index contributed by atoms with van der Waals surface area (Å²) < 4.78 is 0. The minimum Gasteiger partial charge on any atom is -0.480 e. The number of hydrogen-bond donors (Lipinski definition) is 3. The van der Waals surface area contributed by atoms with Crippen LogP contribution in [0.15, 0.2) is 54.6 Å². The van der Waals surface area contributed by atoms with E-state index in [1.165, 1.54) is 0 Å². The molecule has 0 spiro atoms. The van der Waals surface area contributed by atoms with E-state index in [1.54, 1.807) is 24.3 Å². The third-order valence-corrected chi connectivity index (χ3v) is 3.46. The number of benzene rings is 2. The Labute approximate surface area is 139 Å². The fourth-order valence-corrected chi connectivity index (χ4v) is 2.14. The van der Waals surface area contributed by atoms with Crippen molar-refractivity contribution in [3.63, 3.8) is 0 Å². The maximum Gasteiger partial charge on any atom is 0.321 e. The first-order chi connectivity index (χ1) is 11.0. The Morgan fingerprint density at radius 1 is 1.04 bits per heavy atom. The molecule has 120 valence electrons. The second-order valence-electron chi connectivity index (χ2n) is 5.02. The summed E-state index contributed by atoms with van der Waals surface area (Å²) in [4.78, 5) is 23.3. The van der Waals surface area contributed by atoms with Gasteiger partial charge in [0.1, 0.15) is 6.04 Å². The summed E-state index contributed by atoms with van der Waals surface area (Å²) in [5.74, 6) is -1.44. The van der Waals surface area contributed by atoms with Crippen LogP contribution in [-0.2, 0) is 16.1 Å². The highest BCUT2D eigenvalue weighted by atomic mass is 35.5. The summed E-state index contributed by atoms with van der Waals surface area (Å²) in [6.07, 6.45) is -0.162. The van der Waals surface area contributed by atoms with E-state index in [9.17, 15) is 14.7 Å². The standard InChI is InChI=1S/C17H17ClN2O3/c18-13-6-8-14(9-7-13)20-16(21)10-15(17(22)23)19-11-12-4-2-1-3-5-12/h1-9,15,19H,10-11H2,(H,20,21)(H,22,23)/t15-/m1/s1. The molecule has 6 heteroatoms. The van der Waals surface area contributed by atoms with E-state index in [4.69, 9.17) is 11.6 Å². The zero-order valence-electron chi connectivity index (χ0n) is 12.3. The lowest BCUT2D eigenvalue weighted by atomic mass is 10.1. The van der Waals surface area contributed by atoms with Crippen LogP contribution in [0.1, 0.15) is 12.0 Å². The number of halogens is 1. The number of rotatable bonds is 7. The van der Waals surface area contributed by atoms with Crippen molar-refractivity contribution in [3.05, 3.63) is 65.2 Å². The predicted molar refractivity (Wildman–Crippen MR) is 89.4 cm³/mol. The molecule has 2 aromatic rings. The summed E-state index contributed by atoms with van der Waals surface area (Å²) in [5, 5.41) is 15.3. The Balaban J connectivity index is 1.89. The fraction of sp³-hybridized carbons (Fsp3) is 0.176. The summed E-state index contributed by atoms with van der Waals surface area (Å²) in [7, 11) is 0. The molecular weight excluding hydrogens is 316 g/mol. The molecule has 1 amide bonds. The van der Waals surface area contributed by atoms with Gasteiger partial charge in [-0.3, -0.25) is 14.9 Å². The lowest BCUT2D eigenvalue weighted by Crippen LogP contribution is -2.39. The van der Waals surface area contributed by atoms with Gasteiger partial charge in [0.25, 0.3) is 0 Å². The molecule has 0 saturated carbocycles. The first-order valence-electron chi connectivity index (χ1n) is 7.10. The van der Waals surface area contributed by atoms with Crippen LogP contribution < -0.4 is 10.6 Å². The van der Waals surface area contributed by atoms with Crippen molar-refractivity contribution >= 4 is 29.2 Å². The zero-order valence-corrected chi connectivity index (χ0v) is 13.1. The molecular formula is C17H17ClN2O3. The normalized spacial score (nSPS) is 11.7. The smallest absolute Gasteiger partial charge is 0.321 e. The van der Waals surface area contributed by atoms with E-state index in [2.05, 4.69) is 10.6 Å². The quantitative estimate of drug-likeness (QED) is 0.728. The molecule has 0 radical (unpaired) electrons. The molecule has 0 aliphatic heterocycles. The highest BCUT2D eigenvalue weighted by molar-refractivity contribution is 6.30. The minimum atomic E-state index is -1.06. The summed E-state index contributed by atoms with van der Waals surface area (Å²) in [5.41, 5.74) is 1.53. The van der Waals surface area contributed by atoms with Gasteiger partial charge in [0.2, 0.25) is 5.91 Å². The van der Waals surface area contributed by atoms with Gasteiger partial charge < -0.3 is 10.4 Å². The number of amides is 1. The van der Waals surface area contributed by atoms with Gasteiger partial charge in [0.15, 0.2) is 0 Å². The van der Waals surface area contributed by atoms with E-state index in [1.807, 2.05) is 30.3 Å². The molecule has 0 unspecified atom stereocenters. The zero-order chi connectivity index (χ0) is 16.7. The molecule has 0 aliphatic carbocycles. The lowest BCUT2D eigenvalue weighted by molar-refractivity contribution is -0.141. The van der Waals surface area contributed by atoms with Gasteiger partial charge >= 0.3 is 5.97 Å². The number of aliphatic carboxylic acids is 1. The molecule has 5 nitrogen and oxygen atoms in total. The lowest BCUT2D eigenvalue weighted by Gasteiger charge is -2.14. The van der Waals surface area contributed by atoms with Gasteiger partial charge in [-0.1, -0.05) is 41.9 Å². The van der Waals surface area contributed by atoms with Gasteiger partial charge in [0.05, 0.1) is 6.42 Å². The maximum atomic E-state index is 12.0. The Kier molecular flexibility index (Phi) is 6.14. The molecule has 2 aromatic carbocycles. The first kappa shape index (κ1) is 17.0. The highest BCUT2D eigenvalue weighted by Gasteiger charge is 2.20. The number of carboxylic acids is 1. The van der Waals surface area contributed by atoms with Crippen LogP contribution in [0.25, 0.3) is 0 Å². The Bertz CT molecular complexity index is 659. The second kappa shape index (κ2) is 8.31. The average Bonchev–Trinajstić information content (AvgIpc) is 2.54. The van der Waals surface area contributed by atoms with Crippen LogP contribution in [-0.4, -0.2) is 23.0 Å². The van der Waals surface area contributed by atoms with Gasteiger partial charge in [0, 0.05) is 17.3 Å². The van der Waals surface area contributed by atoms with E-state index in [-0.39, 0.29) is 12.3 Å². The summed E-state index contributed by atoms with van der Waals surface area (Å²) in [6.45, 7) is 0.381. The van der Waals surface area contributed by atoms with Crippen molar-refractivity contribution in [2.75, 3.05) is 5.32 Å². The van der Waals surface area contributed by atoms with Gasteiger partial charge in [-0.2, -0.15) is 0 Å². The van der Waals surface area contributed by atoms with Crippen molar-refractivity contribution in [2.24, 2.45) is 0 Å². The van der Waals surface area contributed by atoms with Crippen molar-refractivity contribution in [1.82, 2.24) is 5.32 Å². The van der Waals surface area contributed by atoms with Crippen LogP contribution in [0.2, 0.25) is 5.02 Å². The molecule has 1 atom stereocenters. The van der Waals surface area contributed by atoms with Crippen molar-refractivity contribution in [2.45, 2.75) is 19.0 Å². The second-order valence-corrected chi connectivity index (χ2v) is 5.45. The maximum absolute atomic E-state index is 12.0. The molecule has 2 rings (SSSR count). The van der Waals surface area contributed by atoms with Crippen LogP contribution in [0, 0.1) is 0 Å². The molecule has 0 saturated heterocycles. The van der Waals surface area contributed by atoms with Gasteiger partial charge in [-0.05, 0) is 29.8 Å². The van der Waals surface area contributed by atoms with Crippen molar-refractivity contribution in [3.8, 4) is 0 Å². The Morgan fingerprint density at radius 3 is 2.30 bits per heavy atom. The minimum absolute atomic E-state index is 0.162. The van der Waals surface area contributed by atoms with E-state index >= 15 is 0 Å². The molecule has 23 heavy (non-hydrogen) atoms. The molecule has 0 aromatic heterocycles. The molecule has 3 N–H and O–H groups in total. The Hall–Kier alpha value is -2.37. The fourth-order valence-electron chi connectivity index (χ4n) is 2.01. The summed E-state index contributed by atoms with van der Waals surface area (Å²) >= 11 is 5.77. The molecule has 0 heterocycles. The number of carboxylic acid groups (broad SMARTS) is 1. The first-order valence-corrected chi connectivity index (χ1v) is 7.48. The molecule has 0 fully saturated rings. The highest BCUT2D eigenvalue weighted by Crippen LogP contribution is 2.13. The SMILES string of the molecule is O=C(C[C@@H](NCc1ccccc1)C(=O)O)Nc1ccc(Cl)cc1. The Morgan fingerprint density at radius 2 is 1.70 bits per heavy atom. The molecule has 0 aliphatic rings. The van der Waals surface area contributed by atoms with Crippen LogP contribution >= 0.6 is 11.6 Å². The van der Waals surface area contributed by atoms with Crippen LogP contribution in [0.4, 0.5) is 5.69 Å². The van der Waals surface area contributed by atoms with E-state index in [0.29, 0.717) is 17.3 Å². The van der Waals surface area contributed by atoms with Crippen LogP contribution in [0.5, 0.6) is 0 Å². The topological polar surface area (TPSA) is 78.4 Å². The van der Waals surface area contributed by atoms with Gasteiger partial charge in [-0.15, -0.1) is 0 Å². The summed E-state index contributed by atoms with van der Waals surface area (Å²) in [6, 6.07) is 15.1. The van der Waals surface area contributed by atoms with Crippen molar-refractivity contribution in [1.29, 1.82) is 0 Å². The number of nitrogens with one attached hydrogen (secondary N) is 2. The average molecular weight is 333 g/mol. The largest absolute Gasteiger partial charge is 0.480 e. The van der Waals surface area contributed by atoms with E-state index < -0.39 is 12.0 Å². The van der Waals surface area contributed by atoms with Crippen LogP contribution in [0.3, 0.4) is 0 Å². The number of carbonyl (C=O) groups is 2. The third kappa shape index (κ3) is 5.73. The predicted octanol–water partition coefficient (Wildman–Crippen LogP) is 2.91. The number of anilines is 1. The number of hydrogen-bond acceptors (Lipinski definition) is 3. The number of carbonyl (C=O) groups excluding carboxylic acids is 1.